The van der Waals surface area contributed by atoms with Crippen molar-refractivity contribution in [3.63, 3.8) is 0 Å². The van der Waals surface area contributed by atoms with Crippen molar-refractivity contribution in [3.8, 4) is 5.75 Å². The molecule has 0 aromatic heterocycles. The van der Waals surface area contributed by atoms with Gasteiger partial charge in [-0.05, 0) is 61.4 Å². The number of benzene rings is 2. The number of rotatable bonds is 9. The molecule has 2 rings (SSSR count). The van der Waals surface area contributed by atoms with Gasteiger partial charge < -0.3 is 15.4 Å². The summed E-state index contributed by atoms with van der Waals surface area (Å²) in [5, 5.41) is 5.52. The van der Waals surface area contributed by atoms with Crippen LogP contribution in [0.1, 0.15) is 24.0 Å². The molecule has 30 heavy (non-hydrogen) atoms. The number of amides is 2. The summed E-state index contributed by atoms with van der Waals surface area (Å²) in [6.07, 6.45) is -3.78. The first kappa shape index (κ1) is 23.6. The van der Waals surface area contributed by atoms with E-state index in [9.17, 15) is 22.8 Å². The Hall–Kier alpha value is -2.68. The molecule has 0 unspecified atom stereocenters. The van der Waals surface area contributed by atoms with Gasteiger partial charge in [-0.15, -0.1) is 13.2 Å². The van der Waals surface area contributed by atoms with Gasteiger partial charge in [0.1, 0.15) is 5.75 Å². The quantitative estimate of drug-likeness (QED) is 0.520. The van der Waals surface area contributed by atoms with Gasteiger partial charge in [-0.25, -0.2) is 0 Å². The first-order valence-corrected chi connectivity index (χ1v) is 10.4. The molecule has 0 saturated heterocycles. The summed E-state index contributed by atoms with van der Waals surface area (Å²) in [6.45, 7) is 3.88. The highest BCUT2D eigenvalue weighted by Gasteiger charge is 2.30. The van der Waals surface area contributed by atoms with E-state index in [1.807, 2.05) is 32.0 Å². The SMILES string of the molecule is Cc1cccc(C)c1NC(=O)CCCSCC(=O)Nc1ccc(OC(F)(F)F)cc1. The third-order valence-corrected chi connectivity index (χ3v) is 5.09. The molecule has 0 heterocycles. The molecule has 0 spiro atoms. The van der Waals surface area contributed by atoms with Crippen molar-refractivity contribution in [1.82, 2.24) is 0 Å². The number of anilines is 2. The van der Waals surface area contributed by atoms with Crippen LogP contribution in [0.25, 0.3) is 0 Å². The lowest BCUT2D eigenvalue weighted by molar-refractivity contribution is -0.274. The molecule has 2 aromatic carbocycles. The predicted molar refractivity (Wildman–Crippen MR) is 113 cm³/mol. The second-order valence-electron chi connectivity index (χ2n) is 6.59. The van der Waals surface area contributed by atoms with Crippen LogP contribution in [0, 0.1) is 13.8 Å². The summed E-state index contributed by atoms with van der Waals surface area (Å²) < 4.78 is 40.2. The Labute approximate surface area is 177 Å². The Morgan fingerprint density at radius 1 is 0.967 bits per heavy atom. The van der Waals surface area contributed by atoms with Crippen LogP contribution in [0.3, 0.4) is 0 Å². The maximum Gasteiger partial charge on any atom is 0.573 e. The minimum Gasteiger partial charge on any atom is -0.406 e. The number of para-hydroxylation sites is 1. The highest BCUT2D eigenvalue weighted by Crippen LogP contribution is 2.24. The minimum absolute atomic E-state index is 0.0707. The molecule has 2 aromatic rings. The van der Waals surface area contributed by atoms with Crippen LogP contribution >= 0.6 is 11.8 Å². The van der Waals surface area contributed by atoms with E-state index in [2.05, 4.69) is 15.4 Å². The van der Waals surface area contributed by atoms with Crippen LogP contribution in [0.15, 0.2) is 42.5 Å². The van der Waals surface area contributed by atoms with Gasteiger partial charge in [0.05, 0.1) is 5.75 Å². The number of carbonyl (C=O) groups is 2. The summed E-state index contributed by atoms with van der Waals surface area (Å²) in [7, 11) is 0. The van der Waals surface area contributed by atoms with Crippen molar-refractivity contribution >= 4 is 35.0 Å². The van der Waals surface area contributed by atoms with Crippen molar-refractivity contribution in [2.45, 2.75) is 33.1 Å². The smallest absolute Gasteiger partial charge is 0.406 e. The number of nitrogens with one attached hydrogen (secondary N) is 2. The summed E-state index contributed by atoms with van der Waals surface area (Å²) >= 11 is 1.38. The number of thioether (sulfide) groups is 1. The average Bonchev–Trinajstić information content (AvgIpc) is 2.65. The molecule has 0 atom stereocenters. The fourth-order valence-corrected chi connectivity index (χ4v) is 3.40. The van der Waals surface area contributed by atoms with Crippen LogP contribution in [0.5, 0.6) is 5.75 Å². The Morgan fingerprint density at radius 3 is 2.20 bits per heavy atom. The lowest BCUT2D eigenvalue weighted by Crippen LogP contribution is -2.17. The number of carbonyl (C=O) groups excluding carboxylic acids is 2. The summed E-state index contributed by atoms with van der Waals surface area (Å²) in [5.74, 6) is 0.114. The molecule has 2 amide bonds. The maximum atomic E-state index is 12.1. The summed E-state index contributed by atoms with van der Waals surface area (Å²) in [5.41, 5.74) is 3.23. The van der Waals surface area contributed by atoms with Gasteiger partial charge in [0.2, 0.25) is 11.8 Å². The topological polar surface area (TPSA) is 67.4 Å². The van der Waals surface area contributed by atoms with Crippen molar-refractivity contribution in [3.05, 3.63) is 53.6 Å². The zero-order chi connectivity index (χ0) is 22.1. The van der Waals surface area contributed by atoms with Crippen molar-refractivity contribution < 1.29 is 27.5 Å². The molecule has 0 saturated carbocycles. The summed E-state index contributed by atoms with van der Waals surface area (Å²) in [6, 6.07) is 10.7. The molecular formula is C21H23F3N2O3S. The molecule has 0 aliphatic heterocycles. The first-order chi connectivity index (χ1) is 14.1. The monoisotopic (exact) mass is 440 g/mol. The second kappa shape index (κ2) is 10.9. The highest BCUT2D eigenvalue weighted by molar-refractivity contribution is 7.99. The molecule has 0 radical (unpaired) electrons. The van der Waals surface area contributed by atoms with Crippen LogP contribution in [-0.2, 0) is 9.59 Å². The molecule has 2 N–H and O–H groups in total. The van der Waals surface area contributed by atoms with Crippen LogP contribution in [0.4, 0.5) is 24.5 Å². The van der Waals surface area contributed by atoms with Gasteiger partial charge in [0, 0.05) is 17.8 Å². The number of aryl methyl sites for hydroxylation is 2. The average molecular weight is 440 g/mol. The minimum atomic E-state index is -4.75. The van der Waals surface area contributed by atoms with Crippen LogP contribution in [0.2, 0.25) is 0 Å². The predicted octanol–water partition coefficient (Wildman–Crippen LogP) is 5.29. The van der Waals surface area contributed by atoms with Crippen LogP contribution in [-0.4, -0.2) is 29.7 Å². The van der Waals surface area contributed by atoms with Gasteiger partial charge in [0.15, 0.2) is 0 Å². The lowest BCUT2D eigenvalue weighted by atomic mass is 10.1. The van der Waals surface area contributed by atoms with Crippen molar-refractivity contribution in [2.75, 3.05) is 22.1 Å². The largest absolute Gasteiger partial charge is 0.573 e. The third kappa shape index (κ3) is 8.36. The Morgan fingerprint density at radius 2 is 1.60 bits per heavy atom. The molecule has 0 fully saturated rings. The molecule has 162 valence electrons. The molecule has 9 heteroatoms. The van der Waals surface area contributed by atoms with Crippen molar-refractivity contribution in [1.29, 1.82) is 0 Å². The van der Waals surface area contributed by atoms with E-state index in [-0.39, 0.29) is 23.3 Å². The Balaban J connectivity index is 1.64. The Bertz CT molecular complexity index is 851. The number of hydrogen-bond acceptors (Lipinski definition) is 4. The highest BCUT2D eigenvalue weighted by atomic mass is 32.2. The molecular weight excluding hydrogens is 417 g/mol. The number of halogens is 3. The lowest BCUT2D eigenvalue weighted by Gasteiger charge is -2.11. The van der Waals surface area contributed by atoms with E-state index in [1.165, 1.54) is 23.9 Å². The molecule has 0 aliphatic carbocycles. The zero-order valence-corrected chi connectivity index (χ0v) is 17.5. The number of hydrogen-bond donors (Lipinski definition) is 2. The molecule has 5 nitrogen and oxygen atoms in total. The van der Waals surface area contributed by atoms with Gasteiger partial charge in [-0.1, -0.05) is 18.2 Å². The van der Waals surface area contributed by atoms with Crippen molar-refractivity contribution in [2.24, 2.45) is 0 Å². The molecule has 0 bridgehead atoms. The van der Waals surface area contributed by atoms with Gasteiger partial charge >= 0.3 is 6.36 Å². The first-order valence-electron chi connectivity index (χ1n) is 9.23. The van der Waals surface area contributed by atoms with E-state index >= 15 is 0 Å². The van der Waals surface area contributed by atoms with E-state index in [0.29, 0.717) is 24.3 Å². The fraction of sp³-hybridized carbons (Fsp3) is 0.333. The second-order valence-corrected chi connectivity index (χ2v) is 7.70. The fourth-order valence-electron chi connectivity index (χ4n) is 2.65. The number of ether oxygens (including phenoxy) is 1. The van der Waals surface area contributed by atoms with Gasteiger partial charge in [0.25, 0.3) is 0 Å². The van der Waals surface area contributed by atoms with Gasteiger partial charge in [-0.2, -0.15) is 11.8 Å². The normalized spacial score (nSPS) is 11.1. The van der Waals surface area contributed by atoms with E-state index in [0.717, 1.165) is 28.9 Å². The molecule has 0 aliphatic rings. The standard InChI is InChI=1S/C21H23F3N2O3S/c1-14-5-3-6-15(2)20(14)26-18(27)7-4-12-30-13-19(28)25-16-8-10-17(11-9-16)29-21(22,23)24/h3,5-6,8-11H,4,7,12-13H2,1-2H3,(H,25,28)(H,26,27). The van der Waals surface area contributed by atoms with Crippen LogP contribution < -0.4 is 15.4 Å². The van der Waals surface area contributed by atoms with E-state index in [4.69, 9.17) is 0 Å². The Kier molecular flexibility index (Phi) is 8.58. The summed E-state index contributed by atoms with van der Waals surface area (Å²) in [4.78, 5) is 24.0. The maximum absolute atomic E-state index is 12.1. The third-order valence-electron chi connectivity index (χ3n) is 4.04. The zero-order valence-electron chi connectivity index (χ0n) is 16.6. The van der Waals surface area contributed by atoms with E-state index < -0.39 is 6.36 Å². The van der Waals surface area contributed by atoms with E-state index in [1.54, 1.807) is 0 Å². The number of alkyl halides is 3. The van der Waals surface area contributed by atoms with Gasteiger partial charge in [-0.3, -0.25) is 9.59 Å².